The lowest BCUT2D eigenvalue weighted by Crippen LogP contribution is -2.33. The predicted octanol–water partition coefficient (Wildman–Crippen LogP) is 3.82. The third-order valence-corrected chi connectivity index (χ3v) is 3.97. The summed E-state index contributed by atoms with van der Waals surface area (Å²) in [4.78, 5) is 23.0. The first-order chi connectivity index (χ1) is 11.2. The average molecular weight is 359 g/mol. The van der Waals surface area contributed by atoms with Crippen molar-refractivity contribution in [2.75, 3.05) is 5.32 Å². The maximum absolute atomic E-state index is 13.4. The van der Waals surface area contributed by atoms with Crippen LogP contribution in [0.3, 0.4) is 0 Å². The van der Waals surface area contributed by atoms with Gasteiger partial charge in [0.2, 0.25) is 5.91 Å². The molecule has 1 aliphatic rings. The van der Waals surface area contributed by atoms with Crippen LogP contribution < -0.4 is 5.32 Å². The van der Waals surface area contributed by atoms with Crippen LogP contribution in [0.4, 0.5) is 18.9 Å². The highest BCUT2D eigenvalue weighted by Gasteiger charge is 2.48. The van der Waals surface area contributed by atoms with Gasteiger partial charge in [-0.2, -0.15) is 13.2 Å². The van der Waals surface area contributed by atoms with Crippen LogP contribution in [0.15, 0.2) is 30.5 Å². The number of hydrogen-bond acceptors (Lipinski definition) is 2. The van der Waals surface area contributed by atoms with E-state index in [1.165, 1.54) is 18.2 Å². The number of anilines is 1. The smallest absolute Gasteiger partial charge is 0.397 e. The second-order valence-corrected chi connectivity index (χ2v) is 5.74. The first kappa shape index (κ1) is 16.4. The normalized spacial score (nSPS) is 17.3. The van der Waals surface area contributed by atoms with E-state index in [9.17, 15) is 27.9 Å². The topological polar surface area (TPSA) is 71.3 Å². The van der Waals surface area contributed by atoms with E-state index < -0.39 is 36.0 Å². The molecule has 0 aliphatic carbocycles. The number of alkyl halides is 3. The van der Waals surface area contributed by atoms with Crippen molar-refractivity contribution in [3.63, 3.8) is 0 Å². The first-order valence-electron chi connectivity index (χ1n) is 6.79. The van der Waals surface area contributed by atoms with Crippen molar-refractivity contribution in [3.05, 3.63) is 46.7 Å². The number of rotatable bonds is 2. The molecule has 0 saturated carbocycles. The summed E-state index contributed by atoms with van der Waals surface area (Å²) in [6.45, 7) is 0. The quantitative estimate of drug-likeness (QED) is 0.857. The number of nitrogens with zero attached hydrogens (tertiary/aromatic N) is 1. The largest absolute Gasteiger partial charge is 0.478 e. The van der Waals surface area contributed by atoms with Gasteiger partial charge in [0.05, 0.1) is 11.4 Å². The van der Waals surface area contributed by atoms with Crippen molar-refractivity contribution in [2.24, 2.45) is 0 Å². The lowest BCUT2D eigenvalue weighted by Gasteiger charge is -2.27. The van der Waals surface area contributed by atoms with Crippen LogP contribution in [0.1, 0.15) is 28.4 Å². The molecule has 0 bridgehead atoms. The standard InChI is InChI=1S/C15H10ClF3N2O3/c16-7-2-1-3-8(4-7)21-6-9(14(23)24)12-13(21)10(15(17,18)19)5-11(22)20-12/h1-4,6,10H,5H2,(H,20,22)(H,23,24)/t10-/m1/s1. The predicted molar refractivity (Wildman–Crippen MR) is 79.8 cm³/mol. The number of carbonyl (C=O) groups excluding carboxylic acids is 1. The fourth-order valence-electron chi connectivity index (χ4n) is 2.74. The number of amides is 1. The number of halogens is 4. The zero-order valence-corrected chi connectivity index (χ0v) is 12.6. The Kier molecular flexibility index (Phi) is 3.79. The molecule has 2 N–H and O–H groups in total. The zero-order valence-electron chi connectivity index (χ0n) is 11.9. The van der Waals surface area contributed by atoms with Gasteiger partial charge in [-0.25, -0.2) is 4.79 Å². The molecule has 0 unspecified atom stereocenters. The highest BCUT2D eigenvalue weighted by atomic mass is 35.5. The number of carboxylic acid groups (broad SMARTS) is 1. The lowest BCUT2D eigenvalue weighted by atomic mass is 9.94. The number of carbonyl (C=O) groups is 2. The summed E-state index contributed by atoms with van der Waals surface area (Å²) in [6.07, 6.45) is -4.44. The Morgan fingerprint density at radius 2 is 2.08 bits per heavy atom. The molecule has 2 heterocycles. The number of fused-ring (bicyclic) bond motifs is 1. The second kappa shape index (κ2) is 5.55. The molecule has 1 amide bonds. The van der Waals surface area contributed by atoms with E-state index in [0.29, 0.717) is 0 Å². The van der Waals surface area contributed by atoms with Gasteiger partial charge in [-0.15, -0.1) is 0 Å². The van der Waals surface area contributed by atoms with Crippen LogP contribution in [0.5, 0.6) is 0 Å². The fraction of sp³-hybridized carbons (Fsp3) is 0.200. The van der Waals surface area contributed by atoms with Gasteiger partial charge in [0.25, 0.3) is 0 Å². The molecule has 0 spiro atoms. The van der Waals surface area contributed by atoms with Crippen molar-refractivity contribution >= 4 is 29.2 Å². The van der Waals surface area contributed by atoms with E-state index in [0.717, 1.165) is 10.8 Å². The molecule has 9 heteroatoms. The minimum atomic E-state index is -4.70. The summed E-state index contributed by atoms with van der Waals surface area (Å²) < 4.78 is 41.3. The summed E-state index contributed by atoms with van der Waals surface area (Å²) in [5, 5.41) is 11.8. The van der Waals surface area contributed by atoms with Gasteiger partial charge < -0.3 is 15.0 Å². The first-order valence-corrected chi connectivity index (χ1v) is 7.17. The molecule has 0 fully saturated rings. The van der Waals surface area contributed by atoms with Gasteiger partial charge in [-0.05, 0) is 18.2 Å². The van der Waals surface area contributed by atoms with E-state index >= 15 is 0 Å². The fourth-order valence-corrected chi connectivity index (χ4v) is 2.92. The molecule has 3 rings (SSSR count). The third-order valence-electron chi connectivity index (χ3n) is 3.74. The summed E-state index contributed by atoms with van der Waals surface area (Å²) in [7, 11) is 0. The molecular formula is C15H10ClF3N2O3. The van der Waals surface area contributed by atoms with Gasteiger partial charge in [0.1, 0.15) is 11.5 Å². The van der Waals surface area contributed by atoms with E-state index in [1.807, 2.05) is 0 Å². The Hall–Kier alpha value is -2.48. The number of carboxylic acids is 1. The van der Waals surface area contributed by atoms with Gasteiger partial charge >= 0.3 is 12.1 Å². The van der Waals surface area contributed by atoms with Crippen LogP contribution in [-0.2, 0) is 4.79 Å². The van der Waals surface area contributed by atoms with Crippen molar-refractivity contribution in [3.8, 4) is 5.69 Å². The van der Waals surface area contributed by atoms with Crippen LogP contribution in [0.25, 0.3) is 5.69 Å². The van der Waals surface area contributed by atoms with E-state index in [2.05, 4.69) is 5.32 Å². The number of hydrogen-bond donors (Lipinski definition) is 2. The molecule has 5 nitrogen and oxygen atoms in total. The number of aromatic nitrogens is 1. The van der Waals surface area contributed by atoms with Crippen molar-refractivity contribution in [2.45, 2.75) is 18.5 Å². The summed E-state index contributed by atoms with van der Waals surface area (Å²) in [5.41, 5.74) is -0.785. The van der Waals surface area contributed by atoms with Gasteiger partial charge in [-0.3, -0.25) is 4.79 Å². The highest BCUT2D eigenvalue weighted by Crippen LogP contribution is 2.46. The maximum atomic E-state index is 13.4. The van der Waals surface area contributed by atoms with Crippen molar-refractivity contribution < 1.29 is 27.9 Å². The monoisotopic (exact) mass is 358 g/mol. The second-order valence-electron chi connectivity index (χ2n) is 5.30. The van der Waals surface area contributed by atoms with Crippen LogP contribution in [-0.4, -0.2) is 27.7 Å². The summed E-state index contributed by atoms with van der Waals surface area (Å²) in [5.74, 6) is -4.42. The minimum Gasteiger partial charge on any atom is -0.478 e. The Balaban J connectivity index is 2.30. The van der Waals surface area contributed by atoms with Crippen LogP contribution in [0.2, 0.25) is 5.02 Å². The van der Waals surface area contributed by atoms with E-state index in [-0.39, 0.29) is 22.1 Å². The number of nitrogens with one attached hydrogen (secondary N) is 1. The Bertz CT molecular complexity index is 845. The molecule has 126 valence electrons. The molecule has 1 aromatic carbocycles. The Labute approximate surface area is 138 Å². The average Bonchev–Trinajstić information content (AvgIpc) is 2.84. The number of aromatic carboxylic acids is 1. The van der Waals surface area contributed by atoms with E-state index in [1.54, 1.807) is 6.07 Å². The van der Waals surface area contributed by atoms with Crippen LogP contribution in [0, 0.1) is 0 Å². The third kappa shape index (κ3) is 2.73. The summed E-state index contributed by atoms with van der Waals surface area (Å²) in [6, 6.07) is 6.00. The molecule has 1 atom stereocenters. The van der Waals surface area contributed by atoms with Crippen molar-refractivity contribution in [1.82, 2.24) is 4.57 Å². The maximum Gasteiger partial charge on any atom is 0.397 e. The highest BCUT2D eigenvalue weighted by molar-refractivity contribution is 6.30. The van der Waals surface area contributed by atoms with Gasteiger partial charge in [0, 0.05) is 23.3 Å². The summed E-state index contributed by atoms with van der Waals surface area (Å²) >= 11 is 5.88. The Morgan fingerprint density at radius 1 is 1.38 bits per heavy atom. The lowest BCUT2D eigenvalue weighted by molar-refractivity contribution is -0.157. The van der Waals surface area contributed by atoms with Crippen molar-refractivity contribution in [1.29, 1.82) is 0 Å². The Morgan fingerprint density at radius 3 is 2.67 bits per heavy atom. The molecule has 1 aliphatic heterocycles. The zero-order chi connectivity index (χ0) is 17.6. The molecule has 0 saturated heterocycles. The SMILES string of the molecule is O=C1C[C@@H](C(F)(F)F)c2c(c(C(=O)O)cn2-c2cccc(Cl)c2)N1. The molecular weight excluding hydrogens is 349 g/mol. The van der Waals surface area contributed by atoms with E-state index in [4.69, 9.17) is 11.6 Å². The molecule has 0 radical (unpaired) electrons. The molecule has 24 heavy (non-hydrogen) atoms. The minimum absolute atomic E-state index is 0.275. The molecule has 1 aromatic heterocycles. The molecule has 2 aromatic rings. The van der Waals surface area contributed by atoms with Gasteiger partial charge in [0.15, 0.2) is 0 Å². The van der Waals surface area contributed by atoms with Crippen LogP contribution >= 0.6 is 11.6 Å². The van der Waals surface area contributed by atoms with Gasteiger partial charge in [-0.1, -0.05) is 17.7 Å². The number of benzene rings is 1.